The Bertz CT molecular complexity index is 476. The lowest BCUT2D eigenvalue weighted by Crippen LogP contribution is -2.35. The van der Waals surface area contributed by atoms with E-state index in [1.807, 2.05) is 0 Å². The third-order valence-corrected chi connectivity index (χ3v) is 4.01. The molecule has 0 saturated heterocycles. The zero-order valence-corrected chi connectivity index (χ0v) is 18.6. The highest BCUT2D eigenvalue weighted by molar-refractivity contribution is 5.75. The Balaban J connectivity index is 4.12. The lowest BCUT2D eigenvalue weighted by atomic mass is 10.1. The normalized spacial score (nSPS) is 11.2. The lowest BCUT2D eigenvalue weighted by Gasteiger charge is -2.22. The van der Waals surface area contributed by atoms with E-state index in [1.165, 1.54) is 5.06 Å². The van der Waals surface area contributed by atoms with E-state index in [2.05, 4.69) is 12.2 Å². The molecular formula is C21H40N2O6. The molecule has 0 spiro atoms. The third kappa shape index (κ3) is 18.0. The molecule has 0 aliphatic carbocycles. The van der Waals surface area contributed by atoms with Crippen LogP contribution in [0.2, 0.25) is 0 Å². The van der Waals surface area contributed by atoms with Gasteiger partial charge in [-0.1, -0.05) is 32.6 Å². The first-order chi connectivity index (χ1) is 13.7. The first kappa shape index (κ1) is 27.2. The fourth-order valence-electron chi connectivity index (χ4n) is 2.51. The number of aliphatic carboxylic acids is 1. The summed E-state index contributed by atoms with van der Waals surface area (Å²) in [5, 5.41) is 12.7. The Hall–Kier alpha value is -1.83. The van der Waals surface area contributed by atoms with E-state index in [1.54, 1.807) is 20.8 Å². The zero-order chi connectivity index (χ0) is 22.1. The van der Waals surface area contributed by atoms with Crippen LogP contribution in [0, 0.1) is 0 Å². The van der Waals surface area contributed by atoms with Crippen molar-refractivity contribution in [2.75, 3.05) is 19.7 Å². The van der Waals surface area contributed by atoms with Crippen LogP contribution >= 0.6 is 0 Å². The maximum absolute atomic E-state index is 12.4. The molecule has 170 valence electrons. The van der Waals surface area contributed by atoms with Crippen molar-refractivity contribution in [3.05, 3.63) is 0 Å². The summed E-state index contributed by atoms with van der Waals surface area (Å²) in [5.41, 5.74) is -0.544. The monoisotopic (exact) mass is 416 g/mol. The number of carboxylic acid groups (broad SMARTS) is 1. The molecule has 0 aromatic rings. The molecule has 0 saturated carbocycles. The first-order valence-corrected chi connectivity index (χ1v) is 10.8. The van der Waals surface area contributed by atoms with Crippen molar-refractivity contribution in [1.29, 1.82) is 0 Å². The van der Waals surface area contributed by atoms with Gasteiger partial charge < -0.3 is 15.2 Å². The fourth-order valence-corrected chi connectivity index (χ4v) is 2.51. The number of nitrogens with zero attached hydrogens (tertiary/aromatic N) is 1. The Morgan fingerprint density at radius 3 is 2.21 bits per heavy atom. The molecule has 0 unspecified atom stereocenters. The molecule has 0 rings (SSSR count). The Kier molecular flexibility index (Phi) is 15.0. The van der Waals surface area contributed by atoms with Crippen molar-refractivity contribution in [2.45, 2.75) is 97.5 Å². The van der Waals surface area contributed by atoms with Crippen LogP contribution < -0.4 is 5.32 Å². The topological polar surface area (TPSA) is 105 Å². The average molecular weight is 417 g/mol. The SMILES string of the molecule is CCCCON(CCCCCCCC(=O)O)C(=O)CCCNC(=O)OC(C)(C)C. The molecule has 2 N–H and O–H groups in total. The molecule has 0 aromatic heterocycles. The minimum absolute atomic E-state index is 0.0852. The van der Waals surface area contributed by atoms with Gasteiger partial charge in [-0.25, -0.2) is 9.86 Å². The van der Waals surface area contributed by atoms with Crippen molar-refractivity contribution in [3.63, 3.8) is 0 Å². The van der Waals surface area contributed by atoms with Gasteiger partial charge in [-0.3, -0.25) is 14.4 Å². The molecule has 0 aliphatic rings. The number of carbonyl (C=O) groups excluding carboxylic acids is 2. The van der Waals surface area contributed by atoms with Crippen molar-refractivity contribution in [3.8, 4) is 0 Å². The van der Waals surface area contributed by atoms with E-state index in [9.17, 15) is 14.4 Å². The quantitative estimate of drug-likeness (QED) is 0.287. The summed E-state index contributed by atoms with van der Waals surface area (Å²) in [4.78, 5) is 40.2. The predicted molar refractivity (Wildman–Crippen MR) is 111 cm³/mol. The van der Waals surface area contributed by atoms with E-state index in [0.717, 1.165) is 38.5 Å². The van der Waals surface area contributed by atoms with Crippen LogP contribution in [0.5, 0.6) is 0 Å². The number of unbranched alkanes of at least 4 members (excludes halogenated alkanes) is 5. The van der Waals surface area contributed by atoms with Crippen molar-refractivity contribution in [2.24, 2.45) is 0 Å². The van der Waals surface area contributed by atoms with E-state index in [-0.39, 0.29) is 12.3 Å². The van der Waals surface area contributed by atoms with Gasteiger partial charge in [0.15, 0.2) is 0 Å². The molecule has 8 heteroatoms. The van der Waals surface area contributed by atoms with Gasteiger partial charge in [-0.05, 0) is 46.5 Å². The van der Waals surface area contributed by atoms with Crippen LogP contribution in [0.1, 0.15) is 91.9 Å². The average Bonchev–Trinajstić information content (AvgIpc) is 2.61. The zero-order valence-electron chi connectivity index (χ0n) is 18.6. The number of ether oxygens (including phenoxy) is 1. The van der Waals surface area contributed by atoms with Crippen molar-refractivity contribution in [1.82, 2.24) is 10.4 Å². The smallest absolute Gasteiger partial charge is 0.407 e. The second kappa shape index (κ2) is 16.0. The summed E-state index contributed by atoms with van der Waals surface area (Å²) in [6, 6.07) is 0. The van der Waals surface area contributed by atoms with Gasteiger partial charge in [0, 0.05) is 25.9 Å². The molecule has 0 atom stereocenters. The Labute approximate surface area is 175 Å². The van der Waals surface area contributed by atoms with E-state index in [4.69, 9.17) is 14.7 Å². The van der Waals surface area contributed by atoms with Crippen molar-refractivity contribution < 1.29 is 29.1 Å². The molecule has 0 bridgehead atoms. The minimum Gasteiger partial charge on any atom is -0.481 e. The molecule has 8 nitrogen and oxygen atoms in total. The number of nitrogens with one attached hydrogen (secondary N) is 1. The predicted octanol–water partition coefficient (Wildman–Crippen LogP) is 4.28. The number of carbonyl (C=O) groups is 3. The maximum Gasteiger partial charge on any atom is 0.407 e. The summed E-state index contributed by atoms with van der Waals surface area (Å²) in [6.07, 6.45) is 6.69. The summed E-state index contributed by atoms with van der Waals surface area (Å²) in [5.74, 6) is -0.842. The van der Waals surface area contributed by atoms with Gasteiger partial charge in [-0.15, -0.1) is 0 Å². The lowest BCUT2D eigenvalue weighted by molar-refractivity contribution is -0.187. The van der Waals surface area contributed by atoms with E-state index < -0.39 is 17.7 Å². The largest absolute Gasteiger partial charge is 0.481 e. The van der Waals surface area contributed by atoms with Crippen LogP contribution in [-0.4, -0.2) is 53.4 Å². The van der Waals surface area contributed by atoms with Crippen LogP contribution in [0.3, 0.4) is 0 Å². The number of hydrogen-bond donors (Lipinski definition) is 2. The molecule has 0 fully saturated rings. The van der Waals surface area contributed by atoms with Crippen LogP contribution in [0.25, 0.3) is 0 Å². The van der Waals surface area contributed by atoms with Crippen molar-refractivity contribution >= 4 is 18.0 Å². The minimum atomic E-state index is -0.757. The van der Waals surface area contributed by atoms with Gasteiger partial charge in [0.25, 0.3) is 0 Å². The number of rotatable bonds is 16. The number of hydroxylamine groups is 2. The van der Waals surface area contributed by atoms with Crippen LogP contribution in [-0.2, 0) is 19.2 Å². The third-order valence-electron chi connectivity index (χ3n) is 4.01. The molecule has 0 radical (unpaired) electrons. The van der Waals surface area contributed by atoms with Gasteiger partial charge in [-0.2, -0.15) is 0 Å². The summed E-state index contributed by atoms with van der Waals surface area (Å²) in [7, 11) is 0. The number of amides is 2. The van der Waals surface area contributed by atoms with Gasteiger partial charge in [0.2, 0.25) is 5.91 Å². The molecular weight excluding hydrogens is 376 g/mol. The van der Waals surface area contributed by atoms with Crippen LogP contribution in [0.4, 0.5) is 4.79 Å². The van der Waals surface area contributed by atoms with E-state index >= 15 is 0 Å². The summed E-state index contributed by atoms with van der Waals surface area (Å²) >= 11 is 0. The molecule has 0 aliphatic heterocycles. The Morgan fingerprint density at radius 2 is 1.59 bits per heavy atom. The highest BCUT2D eigenvalue weighted by Gasteiger charge is 2.17. The van der Waals surface area contributed by atoms with Gasteiger partial charge in [0.05, 0.1) is 6.61 Å². The molecule has 2 amide bonds. The molecule has 0 aromatic carbocycles. The van der Waals surface area contributed by atoms with Gasteiger partial charge >= 0.3 is 12.1 Å². The highest BCUT2D eigenvalue weighted by atomic mass is 16.7. The van der Waals surface area contributed by atoms with E-state index in [0.29, 0.717) is 39.0 Å². The number of carboxylic acids is 1. The fraction of sp³-hybridized carbons (Fsp3) is 0.857. The molecule has 29 heavy (non-hydrogen) atoms. The van der Waals surface area contributed by atoms with Gasteiger partial charge in [0.1, 0.15) is 5.60 Å². The summed E-state index contributed by atoms with van der Waals surface area (Å²) < 4.78 is 5.16. The standard InChI is InChI=1S/C21H40N2O6/c1-5-6-17-28-23(16-11-9-7-8-10-14-19(25)26)18(24)13-12-15-22-20(27)29-21(2,3)4/h5-17H2,1-4H3,(H,22,27)(H,25,26). The number of alkyl carbamates (subject to hydrolysis) is 1. The number of hydrogen-bond acceptors (Lipinski definition) is 5. The Morgan fingerprint density at radius 1 is 0.931 bits per heavy atom. The molecule has 0 heterocycles. The first-order valence-electron chi connectivity index (χ1n) is 10.8. The van der Waals surface area contributed by atoms with Crippen LogP contribution in [0.15, 0.2) is 0 Å². The second-order valence-corrected chi connectivity index (χ2v) is 8.13. The summed E-state index contributed by atoms with van der Waals surface area (Å²) in [6.45, 7) is 8.87. The maximum atomic E-state index is 12.4. The highest BCUT2D eigenvalue weighted by Crippen LogP contribution is 2.09. The second-order valence-electron chi connectivity index (χ2n) is 8.13.